The van der Waals surface area contributed by atoms with Crippen LogP contribution in [0.15, 0.2) is 66.7 Å². The van der Waals surface area contributed by atoms with E-state index in [1.807, 2.05) is 18.2 Å². The monoisotopic (exact) mass is 374 g/mol. The summed E-state index contributed by atoms with van der Waals surface area (Å²) in [6, 6.07) is 20.8. The van der Waals surface area contributed by atoms with Gasteiger partial charge in [0.15, 0.2) is 0 Å². The first-order valence-corrected chi connectivity index (χ1v) is 9.52. The summed E-state index contributed by atoms with van der Waals surface area (Å²) in [4.78, 5) is 4.77. The lowest BCUT2D eigenvalue weighted by atomic mass is 10.1. The van der Waals surface area contributed by atoms with Crippen molar-refractivity contribution in [1.29, 1.82) is 0 Å². The predicted octanol–water partition coefficient (Wildman–Crippen LogP) is 5.93. The van der Waals surface area contributed by atoms with Crippen molar-refractivity contribution < 1.29 is 9.13 Å². The third kappa shape index (κ3) is 3.91. The second-order valence-corrected chi connectivity index (χ2v) is 7.11. The van der Waals surface area contributed by atoms with Crippen LogP contribution in [0.2, 0.25) is 0 Å². The van der Waals surface area contributed by atoms with Crippen molar-refractivity contribution >= 4 is 11.0 Å². The molecule has 0 aliphatic carbocycles. The third-order valence-electron chi connectivity index (χ3n) is 4.75. The molecule has 0 amide bonds. The van der Waals surface area contributed by atoms with Gasteiger partial charge >= 0.3 is 0 Å². The van der Waals surface area contributed by atoms with Crippen LogP contribution in [0.5, 0.6) is 5.75 Å². The van der Waals surface area contributed by atoms with Gasteiger partial charge in [0, 0.05) is 12.1 Å². The van der Waals surface area contributed by atoms with Gasteiger partial charge in [-0.15, -0.1) is 0 Å². The van der Waals surface area contributed by atoms with Gasteiger partial charge in [-0.05, 0) is 79.9 Å². The number of ether oxygens (including phenoxy) is 1. The summed E-state index contributed by atoms with van der Waals surface area (Å²) >= 11 is 0. The second-order valence-electron chi connectivity index (χ2n) is 7.11. The van der Waals surface area contributed by atoms with Gasteiger partial charge in [0.1, 0.15) is 17.4 Å². The Labute approximate surface area is 164 Å². The topological polar surface area (TPSA) is 27.1 Å². The molecular weight excluding hydrogens is 351 g/mol. The number of halogens is 1. The first kappa shape index (κ1) is 18.2. The standard InChI is InChI=1S/C24H23FN2O/c1-17-14-18(2)16-21(15-17)28-13-5-12-27-23-7-4-3-6-22(23)26-24(27)19-8-10-20(25)11-9-19/h3-4,6-11,14-16H,5,12-13H2,1-2H3. The van der Waals surface area contributed by atoms with Crippen molar-refractivity contribution in [3.63, 3.8) is 0 Å². The van der Waals surface area contributed by atoms with Crippen LogP contribution in [-0.2, 0) is 6.54 Å². The van der Waals surface area contributed by atoms with E-state index >= 15 is 0 Å². The smallest absolute Gasteiger partial charge is 0.141 e. The van der Waals surface area contributed by atoms with Crippen molar-refractivity contribution in [2.24, 2.45) is 0 Å². The minimum Gasteiger partial charge on any atom is -0.494 e. The molecule has 0 aliphatic heterocycles. The van der Waals surface area contributed by atoms with Gasteiger partial charge in [-0.1, -0.05) is 18.2 Å². The molecule has 3 nitrogen and oxygen atoms in total. The Balaban J connectivity index is 1.54. The summed E-state index contributed by atoms with van der Waals surface area (Å²) in [5, 5.41) is 0. The molecule has 0 bridgehead atoms. The van der Waals surface area contributed by atoms with E-state index in [-0.39, 0.29) is 5.82 Å². The molecule has 1 aromatic heterocycles. The maximum atomic E-state index is 13.3. The van der Waals surface area contributed by atoms with Gasteiger partial charge in [0.05, 0.1) is 17.6 Å². The number of aryl methyl sites for hydroxylation is 3. The second kappa shape index (κ2) is 7.85. The molecule has 28 heavy (non-hydrogen) atoms. The fourth-order valence-electron chi connectivity index (χ4n) is 3.55. The average Bonchev–Trinajstić information content (AvgIpc) is 3.04. The Morgan fingerprint density at radius 2 is 1.64 bits per heavy atom. The number of nitrogens with zero attached hydrogens (tertiary/aromatic N) is 2. The number of fused-ring (bicyclic) bond motifs is 1. The average molecular weight is 374 g/mol. The number of aromatic nitrogens is 2. The van der Waals surface area contributed by atoms with Crippen LogP contribution in [0.4, 0.5) is 4.39 Å². The summed E-state index contributed by atoms with van der Waals surface area (Å²) < 4.78 is 21.5. The van der Waals surface area contributed by atoms with Gasteiger partial charge in [-0.25, -0.2) is 9.37 Å². The lowest BCUT2D eigenvalue weighted by Gasteiger charge is -2.11. The largest absolute Gasteiger partial charge is 0.494 e. The first-order chi connectivity index (χ1) is 13.6. The lowest BCUT2D eigenvalue weighted by molar-refractivity contribution is 0.302. The summed E-state index contributed by atoms with van der Waals surface area (Å²) in [7, 11) is 0. The van der Waals surface area contributed by atoms with E-state index in [9.17, 15) is 4.39 Å². The zero-order chi connectivity index (χ0) is 19.5. The molecule has 4 heteroatoms. The molecule has 0 aliphatic rings. The Bertz CT molecular complexity index is 1080. The number of imidazole rings is 1. The molecule has 0 saturated heterocycles. The number of benzene rings is 3. The van der Waals surface area contributed by atoms with Crippen molar-refractivity contribution in [2.45, 2.75) is 26.8 Å². The summed E-state index contributed by atoms with van der Waals surface area (Å²) in [6.45, 7) is 5.55. The Hall–Kier alpha value is -3.14. The normalized spacial score (nSPS) is 11.1. The minimum absolute atomic E-state index is 0.242. The summed E-state index contributed by atoms with van der Waals surface area (Å²) in [5.41, 5.74) is 5.33. The Morgan fingerprint density at radius 3 is 2.39 bits per heavy atom. The number of para-hydroxylation sites is 2. The first-order valence-electron chi connectivity index (χ1n) is 9.52. The van der Waals surface area contributed by atoms with Crippen LogP contribution in [0.3, 0.4) is 0 Å². The highest BCUT2D eigenvalue weighted by Gasteiger charge is 2.12. The van der Waals surface area contributed by atoms with E-state index < -0.39 is 0 Å². The molecule has 0 saturated carbocycles. The molecule has 0 unspecified atom stereocenters. The van der Waals surface area contributed by atoms with Gasteiger partial charge in [-0.3, -0.25) is 0 Å². The quantitative estimate of drug-likeness (QED) is 0.391. The fourth-order valence-corrected chi connectivity index (χ4v) is 3.55. The van der Waals surface area contributed by atoms with Gasteiger partial charge in [-0.2, -0.15) is 0 Å². The minimum atomic E-state index is -0.242. The van der Waals surface area contributed by atoms with Crippen LogP contribution >= 0.6 is 0 Å². The molecule has 0 atom stereocenters. The SMILES string of the molecule is Cc1cc(C)cc(OCCCn2c(-c3ccc(F)cc3)nc3ccccc32)c1. The highest BCUT2D eigenvalue weighted by Crippen LogP contribution is 2.25. The molecule has 4 aromatic rings. The zero-order valence-corrected chi connectivity index (χ0v) is 16.2. The molecule has 4 rings (SSSR count). The van der Waals surface area contributed by atoms with E-state index in [1.165, 1.54) is 23.3 Å². The molecule has 0 fully saturated rings. The van der Waals surface area contributed by atoms with Crippen molar-refractivity contribution in [1.82, 2.24) is 9.55 Å². The molecule has 142 valence electrons. The summed E-state index contributed by atoms with van der Waals surface area (Å²) in [6.07, 6.45) is 0.849. The Kier molecular flexibility index (Phi) is 5.11. The van der Waals surface area contributed by atoms with Crippen LogP contribution in [0.1, 0.15) is 17.5 Å². The zero-order valence-electron chi connectivity index (χ0n) is 16.2. The number of rotatable bonds is 6. The van der Waals surface area contributed by atoms with E-state index in [1.54, 1.807) is 12.1 Å². The molecule has 3 aromatic carbocycles. The molecule has 0 radical (unpaired) electrons. The Morgan fingerprint density at radius 1 is 0.929 bits per heavy atom. The lowest BCUT2D eigenvalue weighted by Crippen LogP contribution is -2.06. The van der Waals surface area contributed by atoms with Gasteiger partial charge < -0.3 is 9.30 Å². The molecular formula is C24H23FN2O. The van der Waals surface area contributed by atoms with E-state index in [2.05, 4.69) is 42.7 Å². The molecule has 0 N–H and O–H groups in total. The van der Waals surface area contributed by atoms with E-state index in [0.717, 1.165) is 41.1 Å². The number of hydrogen-bond donors (Lipinski definition) is 0. The van der Waals surface area contributed by atoms with Crippen molar-refractivity contribution in [3.8, 4) is 17.1 Å². The fraction of sp³-hybridized carbons (Fsp3) is 0.208. The van der Waals surface area contributed by atoms with Gasteiger partial charge in [0.2, 0.25) is 0 Å². The van der Waals surface area contributed by atoms with Crippen molar-refractivity contribution in [3.05, 3.63) is 83.7 Å². The maximum absolute atomic E-state index is 13.3. The number of hydrogen-bond acceptors (Lipinski definition) is 2. The van der Waals surface area contributed by atoms with Crippen LogP contribution in [0.25, 0.3) is 22.4 Å². The predicted molar refractivity (Wildman–Crippen MR) is 111 cm³/mol. The van der Waals surface area contributed by atoms with Gasteiger partial charge in [0.25, 0.3) is 0 Å². The maximum Gasteiger partial charge on any atom is 0.141 e. The highest BCUT2D eigenvalue weighted by molar-refractivity contribution is 5.80. The van der Waals surface area contributed by atoms with Crippen LogP contribution in [0, 0.1) is 19.7 Å². The molecule has 0 spiro atoms. The summed E-state index contributed by atoms with van der Waals surface area (Å²) in [5.74, 6) is 1.52. The highest BCUT2D eigenvalue weighted by atomic mass is 19.1. The van der Waals surface area contributed by atoms with Crippen molar-refractivity contribution in [2.75, 3.05) is 6.61 Å². The third-order valence-corrected chi connectivity index (χ3v) is 4.75. The van der Waals surface area contributed by atoms with Crippen LogP contribution < -0.4 is 4.74 Å². The molecule has 1 heterocycles. The van der Waals surface area contributed by atoms with Crippen LogP contribution in [-0.4, -0.2) is 16.2 Å². The van der Waals surface area contributed by atoms with E-state index in [0.29, 0.717) is 6.61 Å². The van der Waals surface area contributed by atoms with E-state index in [4.69, 9.17) is 9.72 Å².